The molecule has 7 nitrogen and oxygen atoms in total. The summed E-state index contributed by atoms with van der Waals surface area (Å²) in [6.07, 6.45) is 1.31. The summed E-state index contributed by atoms with van der Waals surface area (Å²) in [7, 11) is 0. The average molecular weight is 515 g/mol. The van der Waals surface area contributed by atoms with Gasteiger partial charge in [0.2, 0.25) is 0 Å². The molecule has 0 heterocycles. The summed E-state index contributed by atoms with van der Waals surface area (Å²) < 4.78 is 0. The molecule has 4 aliphatic rings. The van der Waals surface area contributed by atoms with Gasteiger partial charge in [0.1, 0.15) is 11.6 Å². The lowest BCUT2D eigenvalue weighted by atomic mass is 9.42. The molecule has 37 heavy (non-hydrogen) atoms. The Hall–Kier alpha value is -2.12. The maximum Gasteiger partial charge on any atom is 0.306 e. The van der Waals surface area contributed by atoms with E-state index < -0.39 is 45.8 Å². The highest BCUT2D eigenvalue weighted by Crippen LogP contribution is 2.70. The van der Waals surface area contributed by atoms with Gasteiger partial charge in [-0.2, -0.15) is 0 Å². The lowest BCUT2D eigenvalue weighted by Gasteiger charge is -2.60. The van der Waals surface area contributed by atoms with Gasteiger partial charge in [-0.05, 0) is 55.9 Å². The van der Waals surface area contributed by atoms with Crippen LogP contribution in [-0.2, 0) is 19.2 Å². The summed E-state index contributed by atoms with van der Waals surface area (Å²) >= 11 is 0. The number of carboxylic acids is 1. The predicted molar refractivity (Wildman–Crippen MR) is 137 cm³/mol. The number of aliphatic hydroxyl groups is 2. The second-order valence-electron chi connectivity index (χ2n) is 13.4. The zero-order valence-electron chi connectivity index (χ0n) is 23.2. The van der Waals surface area contributed by atoms with Crippen molar-refractivity contribution >= 4 is 23.3 Å². The van der Waals surface area contributed by atoms with Gasteiger partial charge in [-0.25, -0.2) is 0 Å². The summed E-state index contributed by atoms with van der Waals surface area (Å²) in [5.41, 5.74) is -1.20. The molecule has 2 fully saturated rings. The largest absolute Gasteiger partial charge is 0.481 e. The van der Waals surface area contributed by atoms with Crippen molar-refractivity contribution in [2.45, 2.75) is 99.2 Å². The molecule has 0 radical (unpaired) electrons. The fraction of sp³-hybridized carbons (Fsp3) is 0.733. The Bertz CT molecular complexity index is 1130. The molecule has 0 aromatic rings. The Morgan fingerprint density at radius 1 is 1.11 bits per heavy atom. The molecule has 4 rings (SSSR count). The van der Waals surface area contributed by atoms with Crippen molar-refractivity contribution in [1.82, 2.24) is 0 Å². The quantitative estimate of drug-likeness (QED) is 0.472. The Morgan fingerprint density at radius 3 is 2.32 bits per heavy atom. The number of carbonyl (C=O) groups is 4. The number of Topliss-reactive ketones (excluding diaryl/α,β-unsaturated/α-hetero) is 3. The summed E-state index contributed by atoms with van der Waals surface area (Å²) in [4.78, 5) is 52.0. The fourth-order valence-corrected chi connectivity index (χ4v) is 8.66. The molecule has 8 unspecified atom stereocenters. The Kier molecular flexibility index (Phi) is 6.56. The molecule has 0 aliphatic heterocycles. The van der Waals surface area contributed by atoms with Crippen LogP contribution in [0.15, 0.2) is 22.8 Å². The van der Waals surface area contributed by atoms with Crippen molar-refractivity contribution in [1.29, 1.82) is 0 Å². The monoisotopic (exact) mass is 514 g/mol. The van der Waals surface area contributed by atoms with Crippen molar-refractivity contribution in [3.63, 3.8) is 0 Å². The highest BCUT2D eigenvalue weighted by Gasteiger charge is 2.70. The second kappa shape index (κ2) is 8.70. The molecule has 7 heteroatoms. The van der Waals surface area contributed by atoms with Crippen LogP contribution < -0.4 is 0 Å². The highest BCUT2D eigenvalue weighted by atomic mass is 16.4. The summed E-state index contributed by atoms with van der Waals surface area (Å²) in [6.45, 7) is 13.1. The third kappa shape index (κ3) is 3.75. The molecular formula is C30H42O7. The molecule has 0 bridgehead atoms. The van der Waals surface area contributed by atoms with Crippen molar-refractivity contribution in [3.8, 4) is 0 Å². The van der Waals surface area contributed by atoms with E-state index in [1.807, 2.05) is 41.5 Å². The standard InChI is InChI=1S/C30H42O7/c1-15(10-17(31)11-16(2)26(36)37)18-12-23(35)30(7)25-19(32)13-21-27(3,4)22(34)8-9-28(21,5)24(25)20(33)14-29(18,30)6/h10,16-19,21,31-32H,8-9,11-14H2,1-7H3,(H,36,37). The number of hydrogen-bond donors (Lipinski definition) is 3. The van der Waals surface area contributed by atoms with Crippen molar-refractivity contribution < 1.29 is 34.5 Å². The van der Waals surface area contributed by atoms with Crippen molar-refractivity contribution in [2.75, 3.05) is 0 Å². The molecule has 3 N–H and O–H groups in total. The lowest BCUT2D eigenvalue weighted by molar-refractivity contribution is -0.146. The van der Waals surface area contributed by atoms with Gasteiger partial charge < -0.3 is 15.3 Å². The van der Waals surface area contributed by atoms with E-state index in [0.29, 0.717) is 30.4 Å². The number of aliphatic carboxylic acids is 1. The third-order valence-electron chi connectivity index (χ3n) is 11.1. The zero-order valence-corrected chi connectivity index (χ0v) is 23.2. The number of ketones is 3. The molecule has 0 amide bonds. The number of aliphatic hydroxyl groups excluding tert-OH is 2. The number of hydrogen-bond acceptors (Lipinski definition) is 6. The van der Waals surface area contributed by atoms with Crippen LogP contribution in [0, 0.1) is 39.4 Å². The van der Waals surface area contributed by atoms with Gasteiger partial charge in [-0.15, -0.1) is 0 Å². The van der Waals surface area contributed by atoms with Crippen LogP contribution >= 0.6 is 0 Å². The minimum atomic E-state index is -1.05. The summed E-state index contributed by atoms with van der Waals surface area (Å²) in [5.74, 6) is -2.13. The van der Waals surface area contributed by atoms with E-state index in [-0.39, 0.29) is 48.4 Å². The smallest absolute Gasteiger partial charge is 0.306 e. The van der Waals surface area contributed by atoms with E-state index in [1.54, 1.807) is 13.0 Å². The van der Waals surface area contributed by atoms with Crippen LogP contribution in [0.1, 0.15) is 87.0 Å². The van der Waals surface area contributed by atoms with Crippen LogP contribution in [0.2, 0.25) is 0 Å². The van der Waals surface area contributed by atoms with Gasteiger partial charge in [-0.1, -0.05) is 46.3 Å². The van der Waals surface area contributed by atoms with Crippen molar-refractivity contribution in [2.24, 2.45) is 39.4 Å². The summed E-state index contributed by atoms with van der Waals surface area (Å²) in [6, 6.07) is 0. The van der Waals surface area contributed by atoms with Crippen LogP contribution in [0.5, 0.6) is 0 Å². The topological polar surface area (TPSA) is 129 Å². The molecule has 4 aliphatic carbocycles. The number of rotatable bonds is 5. The minimum absolute atomic E-state index is 0.0200. The average Bonchev–Trinajstić information content (AvgIpc) is 2.99. The Balaban J connectivity index is 1.80. The maximum absolute atomic E-state index is 14.0. The lowest BCUT2D eigenvalue weighted by Crippen LogP contribution is -2.59. The minimum Gasteiger partial charge on any atom is -0.481 e. The van der Waals surface area contributed by atoms with Gasteiger partial charge in [0, 0.05) is 35.7 Å². The number of fused-ring (bicyclic) bond motifs is 4. The van der Waals surface area contributed by atoms with E-state index in [9.17, 15) is 34.5 Å². The fourth-order valence-electron chi connectivity index (χ4n) is 8.66. The number of allylic oxidation sites excluding steroid dienone is 2. The SMILES string of the molecule is CC(=CC(O)CC(C)C(=O)O)C1CC(=O)C2(C)C3=C(C(=O)CC12C)C1(C)CCC(=O)C(C)(C)C1CC3O. The van der Waals surface area contributed by atoms with Gasteiger partial charge in [-0.3, -0.25) is 19.2 Å². The van der Waals surface area contributed by atoms with Crippen molar-refractivity contribution in [3.05, 3.63) is 22.8 Å². The van der Waals surface area contributed by atoms with Gasteiger partial charge in [0.05, 0.1) is 23.5 Å². The van der Waals surface area contributed by atoms with Gasteiger partial charge >= 0.3 is 5.97 Å². The first-order chi connectivity index (χ1) is 16.9. The summed E-state index contributed by atoms with van der Waals surface area (Å²) in [5, 5.41) is 31.3. The Labute approximate surface area is 219 Å². The van der Waals surface area contributed by atoms with Gasteiger partial charge in [0.15, 0.2) is 5.78 Å². The molecule has 0 saturated heterocycles. The molecule has 2 saturated carbocycles. The van der Waals surface area contributed by atoms with E-state index in [1.165, 1.54) is 0 Å². The van der Waals surface area contributed by atoms with Gasteiger partial charge in [0.25, 0.3) is 0 Å². The number of carboxylic acid groups (broad SMARTS) is 1. The maximum atomic E-state index is 14.0. The first-order valence-corrected chi connectivity index (χ1v) is 13.5. The first-order valence-electron chi connectivity index (χ1n) is 13.5. The van der Waals surface area contributed by atoms with Crippen LogP contribution in [0.3, 0.4) is 0 Å². The molecule has 0 aromatic heterocycles. The van der Waals surface area contributed by atoms with Crippen LogP contribution in [-0.4, -0.2) is 50.8 Å². The van der Waals surface area contributed by atoms with Crippen LogP contribution in [0.25, 0.3) is 0 Å². The van der Waals surface area contributed by atoms with E-state index in [0.717, 1.165) is 5.57 Å². The van der Waals surface area contributed by atoms with E-state index in [2.05, 4.69) is 0 Å². The molecular weight excluding hydrogens is 472 g/mol. The first kappa shape index (κ1) is 27.9. The van der Waals surface area contributed by atoms with E-state index in [4.69, 9.17) is 0 Å². The number of carbonyl (C=O) groups excluding carboxylic acids is 3. The normalized spacial score (nSPS) is 41.2. The highest BCUT2D eigenvalue weighted by molar-refractivity contribution is 6.05. The zero-order chi connectivity index (χ0) is 27.9. The van der Waals surface area contributed by atoms with E-state index >= 15 is 0 Å². The predicted octanol–water partition coefficient (Wildman–Crippen LogP) is 4.05. The molecule has 0 aromatic carbocycles. The Morgan fingerprint density at radius 2 is 1.73 bits per heavy atom. The molecule has 204 valence electrons. The third-order valence-corrected chi connectivity index (χ3v) is 11.1. The second-order valence-corrected chi connectivity index (χ2v) is 13.4. The van der Waals surface area contributed by atoms with Crippen LogP contribution in [0.4, 0.5) is 0 Å². The molecule has 8 atom stereocenters. The molecule has 0 spiro atoms.